The van der Waals surface area contributed by atoms with Crippen LogP contribution in [0, 0.1) is 0 Å². The number of rotatable bonds is 2. The van der Waals surface area contributed by atoms with Gasteiger partial charge in [0, 0.05) is 17.9 Å². The molecular weight excluding hydrogens is 200 g/mol. The molecule has 0 spiro atoms. The molecule has 0 unspecified atom stereocenters. The Morgan fingerprint density at radius 2 is 2.00 bits per heavy atom. The molecule has 2 heterocycles. The zero-order valence-corrected chi connectivity index (χ0v) is 9.81. The molecule has 2 aromatic heterocycles. The van der Waals surface area contributed by atoms with Gasteiger partial charge in [-0.15, -0.1) is 0 Å². The largest absolute Gasteiger partial charge is 0.372 e. The van der Waals surface area contributed by atoms with Crippen LogP contribution in [-0.4, -0.2) is 10.8 Å². The van der Waals surface area contributed by atoms with Crippen molar-refractivity contribution in [2.24, 2.45) is 5.73 Å². The summed E-state index contributed by atoms with van der Waals surface area (Å²) in [7, 11) is 0. The highest BCUT2D eigenvalue weighted by atomic mass is 16.1. The van der Waals surface area contributed by atoms with Crippen molar-refractivity contribution in [3.05, 3.63) is 41.7 Å². The van der Waals surface area contributed by atoms with Crippen LogP contribution in [0.3, 0.4) is 0 Å². The summed E-state index contributed by atoms with van der Waals surface area (Å²) < 4.78 is 2.22. The number of nitrogens with two attached hydrogens (primary N) is 1. The van der Waals surface area contributed by atoms with Gasteiger partial charge in [-0.2, -0.15) is 0 Å². The Balaban J connectivity index is 0.000000386. The molecule has 3 nitrogen and oxygen atoms in total. The van der Waals surface area contributed by atoms with E-state index in [4.69, 9.17) is 4.79 Å². The summed E-state index contributed by atoms with van der Waals surface area (Å²) in [6.07, 6.45) is 6.87. The van der Waals surface area contributed by atoms with E-state index in [0.29, 0.717) is 0 Å². The SMILES string of the molecule is CCc1cn2ccccc2c1CC.NC=O. The monoisotopic (exact) mass is 218 g/mol. The highest BCUT2D eigenvalue weighted by Crippen LogP contribution is 2.19. The first-order valence-electron chi connectivity index (χ1n) is 5.51. The van der Waals surface area contributed by atoms with Gasteiger partial charge in [0.05, 0.1) is 0 Å². The molecule has 2 N–H and O–H groups in total. The smallest absolute Gasteiger partial charge is 0.204 e. The predicted molar refractivity (Wildman–Crippen MR) is 66.4 cm³/mol. The summed E-state index contributed by atoms with van der Waals surface area (Å²) in [5.41, 5.74) is 8.51. The van der Waals surface area contributed by atoms with Crippen LogP contribution < -0.4 is 5.73 Å². The van der Waals surface area contributed by atoms with E-state index < -0.39 is 0 Å². The molecule has 0 saturated carbocycles. The van der Waals surface area contributed by atoms with E-state index in [1.165, 1.54) is 16.6 Å². The molecule has 0 atom stereocenters. The predicted octanol–water partition coefficient (Wildman–Crippen LogP) is 2.17. The van der Waals surface area contributed by atoms with Crippen LogP contribution in [0.5, 0.6) is 0 Å². The Hall–Kier alpha value is -1.77. The third kappa shape index (κ3) is 2.42. The van der Waals surface area contributed by atoms with E-state index in [2.05, 4.69) is 54.6 Å². The van der Waals surface area contributed by atoms with Crippen molar-refractivity contribution in [3.63, 3.8) is 0 Å². The van der Waals surface area contributed by atoms with E-state index in [1.807, 2.05) is 0 Å². The second-order valence-electron chi connectivity index (χ2n) is 3.47. The maximum atomic E-state index is 8.58. The third-order valence-electron chi connectivity index (χ3n) is 2.62. The Kier molecular flexibility index (Phi) is 4.58. The van der Waals surface area contributed by atoms with Gasteiger partial charge >= 0.3 is 0 Å². The molecule has 3 heteroatoms. The lowest BCUT2D eigenvalue weighted by molar-refractivity contribution is -0.106. The molecule has 0 bridgehead atoms. The number of nitrogens with zero attached hydrogens (tertiary/aromatic N) is 1. The number of carbonyl (C=O) groups is 1. The van der Waals surface area contributed by atoms with Gasteiger partial charge < -0.3 is 10.1 Å². The van der Waals surface area contributed by atoms with Crippen molar-refractivity contribution in [1.82, 2.24) is 4.40 Å². The quantitative estimate of drug-likeness (QED) is 0.771. The molecule has 86 valence electrons. The fourth-order valence-corrected chi connectivity index (χ4v) is 1.95. The number of hydrogen-bond acceptors (Lipinski definition) is 1. The van der Waals surface area contributed by atoms with Gasteiger partial charge in [-0.25, -0.2) is 0 Å². The van der Waals surface area contributed by atoms with Crippen LogP contribution in [0.2, 0.25) is 0 Å². The second-order valence-corrected chi connectivity index (χ2v) is 3.47. The van der Waals surface area contributed by atoms with Crippen molar-refractivity contribution in [2.75, 3.05) is 0 Å². The molecule has 0 aliphatic carbocycles. The summed E-state index contributed by atoms with van der Waals surface area (Å²) in [6.45, 7) is 4.44. The van der Waals surface area contributed by atoms with Crippen molar-refractivity contribution in [2.45, 2.75) is 26.7 Å². The van der Waals surface area contributed by atoms with E-state index in [-0.39, 0.29) is 6.41 Å². The highest BCUT2D eigenvalue weighted by molar-refractivity contribution is 5.59. The van der Waals surface area contributed by atoms with E-state index in [1.54, 1.807) is 0 Å². The van der Waals surface area contributed by atoms with Crippen LogP contribution >= 0.6 is 0 Å². The topological polar surface area (TPSA) is 47.5 Å². The maximum Gasteiger partial charge on any atom is 0.204 e. The number of fused-ring (bicyclic) bond motifs is 1. The van der Waals surface area contributed by atoms with Crippen LogP contribution in [0.25, 0.3) is 5.52 Å². The number of primary amides is 1. The van der Waals surface area contributed by atoms with Crippen molar-refractivity contribution < 1.29 is 4.79 Å². The normalized spacial score (nSPS) is 9.62. The first kappa shape index (κ1) is 12.3. The fraction of sp³-hybridized carbons (Fsp3) is 0.308. The minimum absolute atomic E-state index is 0.250. The average molecular weight is 218 g/mol. The van der Waals surface area contributed by atoms with Gasteiger partial charge in [0.2, 0.25) is 6.41 Å². The molecule has 16 heavy (non-hydrogen) atoms. The van der Waals surface area contributed by atoms with Gasteiger partial charge in [0.15, 0.2) is 0 Å². The van der Waals surface area contributed by atoms with Gasteiger partial charge in [0.25, 0.3) is 0 Å². The van der Waals surface area contributed by atoms with Crippen LogP contribution in [-0.2, 0) is 17.6 Å². The second kappa shape index (κ2) is 5.95. The molecule has 0 saturated heterocycles. The average Bonchev–Trinajstić information content (AvgIpc) is 2.67. The fourth-order valence-electron chi connectivity index (χ4n) is 1.95. The van der Waals surface area contributed by atoms with Gasteiger partial charge in [-0.05, 0) is 36.1 Å². The van der Waals surface area contributed by atoms with Crippen molar-refractivity contribution in [3.8, 4) is 0 Å². The summed E-state index contributed by atoms with van der Waals surface area (Å²) in [6, 6.07) is 6.37. The number of amides is 1. The lowest BCUT2D eigenvalue weighted by Crippen LogP contribution is -1.84. The van der Waals surface area contributed by atoms with Crippen molar-refractivity contribution >= 4 is 11.9 Å². The Morgan fingerprint density at radius 1 is 1.31 bits per heavy atom. The van der Waals surface area contributed by atoms with E-state index >= 15 is 0 Å². The zero-order chi connectivity index (χ0) is 12.0. The first-order chi connectivity index (χ1) is 7.78. The van der Waals surface area contributed by atoms with Gasteiger partial charge in [-0.1, -0.05) is 19.9 Å². The minimum Gasteiger partial charge on any atom is -0.372 e. The lowest BCUT2D eigenvalue weighted by Gasteiger charge is -1.97. The zero-order valence-electron chi connectivity index (χ0n) is 9.81. The number of aromatic nitrogens is 1. The van der Waals surface area contributed by atoms with Gasteiger partial charge in [0.1, 0.15) is 0 Å². The first-order valence-corrected chi connectivity index (χ1v) is 5.51. The summed E-state index contributed by atoms with van der Waals surface area (Å²) in [4.78, 5) is 8.58. The number of aryl methyl sites for hydroxylation is 2. The molecule has 0 aliphatic heterocycles. The molecule has 0 aliphatic rings. The molecule has 2 aromatic rings. The third-order valence-corrected chi connectivity index (χ3v) is 2.62. The van der Waals surface area contributed by atoms with Gasteiger partial charge in [-0.3, -0.25) is 4.79 Å². The maximum absolute atomic E-state index is 8.58. The molecule has 0 radical (unpaired) electrons. The van der Waals surface area contributed by atoms with Crippen LogP contribution in [0.4, 0.5) is 0 Å². The summed E-state index contributed by atoms with van der Waals surface area (Å²) in [5.74, 6) is 0. The number of hydrogen-bond donors (Lipinski definition) is 1. The van der Waals surface area contributed by atoms with Crippen molar-refractivity contribution in [1.29, 1.82) is 0 Å². The molecule has 0 fully saturated rings. The summed E-state index contributed by atoms with van der Waals surface area (Å²) in [5, 5.41) is 0. The standard InChI is InChI=1S/C12H15N.CH3NO/c1-3-10-9-13-8-6-5-7-12(13)11(10)4-2;2-1-3/h5-9H,3-4H2,1-2H3;1H,(H2,2,3). The Morgan fingerprint density at radius 3 is 2.56 bits per heavy atom. The van der Waals surface area contributed by atoms with Crippen LogP contribution in [0.15, 0.2) is 30.6 Å². The molecule has 0 aromatic carbocycles. The number of carbonyl (C=O) groups excluding carboxylic acids is 1. The van der Waals surface area contributed by atoms with E-state index in [9.17, 15) is 0 Å². The van der Waals surface area contributed by atoms with E-state index in [0.717, 1.165) is 12.8 Å². The highest BCUT2D eigenvalue weighted by Gasteiger charge is 2.05. The number of pyridine rings is 1. The lowest BCUT2D eigenvalue weighted by atomic mass is 10.1. The molecular formula is C13H18N2O. The Bertz CT molecular complexity index is 460. The minimum atomic E-state index is 0.250. The molecule has 1 amide bonds. The Labute approximate surface area is 95.9 Å². The summed E-state index contributed by atoms with van der Waals surface area (Å²) >= 11 is 0. The van der Waals surface area contributed by atoms with Crippen LogP contribution in [0.1, 0.15) is 25.0 Å². The molecule has 2 rings (SSSR count).